The zero-order valence-electron chi connectivity index (χ0n) is 10.6. The predicted octanol–water partition coefficient (Wildman–Crippen LogP) is 1.77. The molecule has 2 rings (SSSR count). The van der Waals surface area contributed by atoms with E-state index in [-0.39, 0.29) is 11.9 Å². The zero-order valence-corrected chi connectivity index (χ0v) is 10.6. The maximum atomic E-state index is 11.5. The summed E-state index contributed by atoms with van der Waals surface area (Å²) in [6.45, 7) is 3.73. The number of amides is 1. The predicted molar refractivity (Wildman–Crippen MR) is 68.9 cm³/mol. The number of nitrogens with two attached hydrogens (primary N) is 1. The Morgan fingerprint density at radius 3 is 2.67 bits per heavy atom. The Kier molecular flexibility index (Phi) is 2.90. The summed E-state index contributed by atoms with van der Waals surface area (Å²) < 4.78 is 7.34. The topological polar surface area (TPSA) is 77.5 Å². The zero-order chi connectivity index (χ0) is 13.4. The minimum Gasteiger partial charge on any atom is -0.508 e. The van der Waals surface area contributed by atoms with Crippen molar-refractivity contribution in [2.24, 2.45) is 12.8 Å². The van der Waals surface area contributed by atoms with Crippen LogP contribution in [0, 0.1) is 0 Å². The first-order valence-corrected chi connectivity index (χ1v) is 5.69. The van der Waals surface area contributed by atoms with Crippen LogP contribution in [0.5, 0.6) is 11.5 Å². The first kappa shape index (κ1) is 12.3. The van der Waals surface area contributed by atoms with Gasteiger partial charge in [-0.25, -0.2) is 0 Å². The van der Waals surface area contributed by atoms with Gasteiger partial charge in [0.1, 0.15) is 11.4 Å². The summed E-state index contributed by atoms with van der Waals surface area (Å²) in [5.74, 6) is -0.00698. The van der Waals surface area contributed by atoms with Crippen LogP contribution in [0.25, 0.3) is 10.9 Å². The minimum atomic E-state index is -0.552. The van der Waals surface area contributed by atoms with Gasteiger partial charge in [-0.15, -0.1) is 0 Å². The smallest absolute Gasteiger partial charge is 0.269 e. The fourth-order valence-corrected chi connectivity index (χ4v) is 2.03. The molecule has 0 saturated heterocycles. The Bertz CT molecular complexity index is 614. The van der Waals surface area contributed by atoms with Crippen molar-refractivity contribution in [1.29, 1.82) is 0 Å². The van der Waals surface area contributed by atoms with Crippen LogP contribution in [0.1, 0.15) is 24.3 Å². The number of aromatic hydroxyl groups is 1. The van der Waals surface area contributed by atoms with Gasteiger partial charge < -0.3 is 20.1 Å². The highest BCUT2D eigenvalue weighted by molar-refractivity contribution is 6.03. The Morgan fingerprint density at radius 1 is 1.44 bits per heavy atom. The highest BCUT2D eigenvalue weighted by Crippen LogP contribution is 2.35. The number of phenolic OH excluding ortho intramolecular Hbond substituents is 1. The van der Waals surface area contributed by atoms with E-state index in [0.29, 0.717) is 16.8 Å². The molecular weight excluding hydrogens is 232 g/mol. The Labute approximate surface area is 105 Å². The molecule has 0 aliphatic rings. The number of aromatic nitrogens is 1. The van der Waals surface area contributed by atoms with Crippen LogP contribution in [0.4, 0.5) is 0 Å². The van der Waals surface area contributed by atoms with Gasteiger partial charge in [-0.2, -0.15) is 0 Å². The van der Waals surface area contributed by atoms with Crippen LogP contribution >= 0.6 is 0 Å². The second kappa shape index (κ2) is 4.25. The third-order valence-electron chi connectivity index (χ3n) is 2.72. The van der Waals surface area contributed by atoms with Gasteiger partial charge in [0.2, 0.25) is 0 Å². The largest absolute Gasteiger partial charge is 0.508 e. The lowest BCUT2D eigenvalue weighted by molar-refractivity contribution is 0.0987. The standard InChI is InChI=1S/C13H16N2O3/c1-7(2)18-12-9-6-8(16)4-5-10(9)15(3)11(12)13(14)17/h4-7,16H,1-3H3,(H2,14,17). The van der Waals surface area contributed by atoms with Gasteiger partial charge in [0.05, 0.1) is 11.6 Å². The number of primary amides is 1. The van der Waals surface area contributed by atoms with Crippen LogP contribution in [0.15, 0.2) is 18.2 Å². The summed E-state index contributed by atoms with van der Waals surface area (Å²) >= 11 is 0. The van der Waals surface area contributed by atoms with Gasteiger partial charge in [0.15, 0.2) is 5.75 Å². The van der Waals surface area contributed by atoms with Crippen molar-refractivity contribution in [2.45, 2.75) is 20.0 Å². The lowest BCUT2D eigenvalue weighted by Crippen LogP contribution is -2.18. The molecule has 0 unspecified atom stereocenters. The van der Waals surface area contributed by atoms with Crippen molar-refractivity contribution >= 4 is 16.8 Å². The molecule has 0 aliphatic carbocycles. The molecule has 1 heterocycles. The lowest BCUT2D eigenvalue weighted by Gasteiger charge is -2.10. The molecule has 0 spiro atoms. The highest BCUT2D eigenvalue weighted by Gasteiger charge is 2.21. The van der Waals surface area contributed by atoms with Gasteiger partial charge in [-0.1, -0.05) is 0 Å². The molecule has 1 amide bonds. The molecule has 0 atom stereocenters. The summed E-state index contributed by atoms with van der Waals surface area (Å²) in [5, 5.41) is 10.2. The number of carbonyl (C=O) groups excluding carboxylic acids is 1. The number of benzene rings is 1. The van der Waals surface area contributed by atoms with E-state index < -0.39 is 5.91 Å². The van der Waals surface area contributed by atoms with E-state index in [1.165, 1.54) is 0 Å². The molecule has 0 saturated carbocycles. The fourth-order valence-electron chi connectivity index (χ4n) is 2.03. The van der Waals surface area contributed by atoms with E-state index >= 15 is 0 Å². The second-order valence-corrected chi connectivity index (χ2v) is 4.47. The van der Waals surface area contributed by atoms with Crippen molar-refractivity contribution in [3.8, 4) is 11.5 Å². The molecular formula is C13H16N2O3. The van der Waals surface area contributed by atoms with Crippen molar-refractivity contribution in [2.75, 3.05) is 0 Å². The highest BCUT2D eigenvalue weighted by atomic mass is 16.5. The fraction of sp³-hybridized carbons (Fsp3) is 0.308. The van der Waals surface area contributed by atoms with E-state index in [4.69, 9.17) is 10.5 Å². The molecule has 0 bridgehead atoms. The van der Waals surface area contributed by atoms with Gasteiger partial charge in [0, 0.05) is 12.4 Å². The molecule has 1 aromatic carbocycles. The maximum Gasteiger partial charge on any atom is 0.269 e. The number of fused-ring (bicyclic) bond motifs is 1. The third kappa shape index (κ3) is 1.88. The van der Waals surface area contributed by atoms with Crippen LogP contribution in [-0.2, 0) is 7.05 Å². The van der Waals surface area contributed by atoms with Crippen molar-refractivity contribution < 1.29 is 14.6 Å². The molecule has 5 nitrogen and oxygen atoms in total. The van der Waals surface area contributed by atoms with Crippen LogP contribution in [0.2, 0.25) is 0 Å². The Morgan fingerprint density at radius 2 is 2.11 bits per heavy atom. The van der Waals surface area contributed by atoms with Gasteiger partial charge in [-0.3, -0.25) is 4.79 Å². The molecule has 96 valence electrons. The van der Waals surface area contributed by atoms with Gasteiger partial charge in [-0.05, 0) is 32.0 Å². The average Bonchev–Trinajstić information content (AvgIpc) is 2.51. The molecule has 0 radical (unpaired) electrons. The van der Waals surface area contributed by atoms with E-state index in [1.54, 1.807) is 29.8 Å². The van der Waals surface area contributed by atoms with Crippen molar-refractivity contribution in [3.05, 3.63) is 23.9 Å². The maximum absolute atomic E-state index is 11.5. The SMILES string of the molecule is CC(C)Oc1c(C(N)=O)n(C)c2ccc(O)cc12. The number of rotatable bonds is 3. The van der Waals surface area contributed by atoms with Crippen molar-refractivity contribution in [1.82, 2.24) is 4.57 Å². The number of hydrogen-bond acceptors (Lipinski definition) is 3. The molecule has 2 aromatic rings. The first-order valence-electron chi connectivity index (χ1n) is 5.69. The number of hydrogen-bond donors (Lipinski definition) is 2. The average molecular weight is 248 g/mol. The monoisotopic (exact) mass is 248 g/mol. The quantitative estimate of drug-likeness (QED) is 0.869. The van der Waals surface area contributed by atoms with Crippen LogP contribution in [-0.4, -0.2) is 21.7 Å². The summed E-state index contributed by atoms with van der Waals surface area (Å²) in [5.41, 5.74) is 6.49. The molecule has 0 aliphatic heterocycles. The molecule has 0 fully saturated rings. The lowest BCUT2D eigenvalue weighted by atomic mass is 10.2. The van der Waals surface area contributed by atoms with Crippen LogP contribution < -0.4 is 10.5 Å². The molecule has 1 aromatic heterocycles. The number of nitrogens with zero attached hydrogens (tertiary/aromatic N) is 1. The number of phenols is 1. The normalized spacial score (nSPS) is 11.1. The van der Waals surface area contributed by atoms with Crippen molar-refractivity contribution in [3.63, 3.8) is 0 Å². The summed E-state index contributed by atoms with van der Waals surface area (Å²) in [6, 6.07) is 4.86. The van der Waals surface area contributed by atoms with Gasteiger partial charge in [0.25, 0.3) is 5.91 Å². The molecule has 5 heteroatoms. The minimum absolute atomic E-state index is 0.0870. The van der Waals surface area contributed by atoms with E-state index in [1.807, 2.05) is 13.8 Å². The second-order valence-electron chi connectivity index (χ2n) is 4.47. The Balaban J connectivity index is 2.80. The molecule has 18 heavy (non-hydrogen) atoms. The molecule has 3 N–H and O–H groups in total. The first-order chi connectivity index (χ1) is 8.41. The number of aryl methyl sites for hydroxylation is 1. The number of carbonyl (C=O) groups is 1. The van der Waals surface area contributed by atoms with Crippen LogP contribution in [0.3, 0.4) is 0 Å². The van der Waals surface area contributed by atoms with Gasteiger partial charge >= 0.3 is 0 Å². The summed E-state index contributed by atoms with van der Waals surface area (Å²) in [6.07, 6.45) is -0.0870. The van der Waals surface area contributed by atoms with E-state index in [2.05, 4.69) is 0 Å². The Hall–Kier alpha value is -2.17. The van der Waals surface area contributed by atoms with E-state index in [0.717, 1.165) is 5.52 Å². The number of ether oxygens (including phenoxy) is 1. The summed E-state index contributed by atoms with van der Waals surface area (Å²) in [7, 11) is 1.74. The summed E-state index contributed by atoms with van der Waals surface area (Å²) in [4.78, 5) is 11.5. The third-order valence-corrected chi connectivity index (χ3v) is 2.72. The van der Waals surface area contributed by atoms with E-state index in [9.17, 15) is 9.90 Å².